The molecule has 310 valence electrons. The minimum Gasteiger partial charge on any atom is -0.457 e. The lowest BCUT2D eigenvalue weighted by Crippen LogP contribution is -2.59. The predicted molar refractivity (Wildman–Crippen MR) is 264 cm³/mol. The standard InChI is InChI=1S/C58H53BN2O2/c1-32-16-14-17-33(2)50(32)60-40-22-12-10-20-36(40)44-42(60)26-24-38-52(44)62-54-47-46-48(57(7,8)29-31-58(46,9)30-28-56(47,5)6)55-49(54)59(38)39-25-27-43-45(53(39)63-55)37-21-11-13-23-41(37)61(43)51-34(3)18-15-19-35(51)4/h10-27H,28-31H2,1-9H3. The van der Waals surface area contributed by atoms with Crippen molar-refractivity contribution in [1.29, 1.82) is 0 Å². The van der Waals surface area contributed by atoms with Gasteiger partial charge in [-0.25, -0.2) is 0 Å². The molecule has 2 aromatic heterocycles. The number of hydrogen-bond donors (Lipinski definition) is 0. The van der Waals surface area contributed by atoms with Crippen LogP contribution in [0.15, 0.2) is 109 Å². The Morgan fingerprint density at radius 2 is 0.841 bits per heavy atom. The van der Waals surface area contributed by atoms with Gasteiger partial charge in [-0.3, -0.25) is 0 Å². The van der Waals surface area contributed by atoms with Crippen molar-refractivity contribution in [1.82, 2.24) is 9.13 Å². The molecular weight excluding hydrogens is 767 g/mol. The van der Waals surface area contributed by atoms with Gasteiger partial charge in [0.05, 0.1) is 44.2 Å². The summed E-state index contributed by atoms with van der Waals surface area (Å²) in [5.41, 5.74) is 20.0. The van der Waals surface area contributed by atoms with Crippen LogP contribution in [0.1, 0.15) is 99.2 Å². The van der Waals surface area contributed by atoms with E-state index in [1.165, 1.54) is 110 Å². The number of para-hydroxylation sites is 4. The minimum atomic E-state index is -0.0934. The summed E-state index contributed by atoms with van der Waals surface area (Å²) >= 11 is 0. The second-order valence-corrected chi connectivity index (χ2v) is 21.1. The maximum Gasteiger partial charge on any atom is 0.260 e. The SMILES string of the molecule is Cc1cccc(C)c1-n1c2ccccc2c2c3c(ccc21)B1c2ccc4c(c2Oc2c1c(c1c5c2C(C)(C)CCC5(C)CCC1(C)C)O3)c1ccccc1n4-c1c(C)cccc1C. The molecule has 63 heavy (non-hydrogen) atoms. The van der Waals surface area contributed by atoms with Crippen LogP contribution in [0.25, 0.3) is 55.0 Å². The molecular formula is C58H53BN2O2. The van der Waals surface area contributed by atoms with E-state index in [-0.39, 0.29) is 23.0 Å². The Kier molecular flexibility index (Phi) is 7.29. The molecule has 13 rings (SSSR count). The molecule has 4 aliphatic rings. The molecule has 0 atom stereocenters. The molecule has 0 spiro atoms. The summed E-state index contributed by atoms with van der Waals surface area (Å²) in [6.45, 7) is 21.3. The van der Waals surface area contributed by atoms with Crippen molar-refractivity contribution >= 4 is 66.7 Å². The summed E-state index contributed by atoms with van der Waals surface area (Å²) < 4.78 is 20.7. The number of benzene rings is 7. The first-order valence-electron chi connectivity index (χ1n) is 23.2. The van der Waals surface area contributed by atoms with Crippen molar-refractivity contribution in [2.24, 2.45) is 0 Å². The van der Waals surface area contributed by atoms with Gasteiger partial charge in [0.25, 0.3) is 6.71 Å². The summed E-state index contributed by atoms with van der Waals surface area (Å²) in [7, 11) is 0. The average Bonchev–Trinajstić information content (AvgIpc) is 3.77. The van der Waals surface area contributed by atoms with E-state index in [1.54, 1.807) is 0 Å². The molecule has 0 N–H and O–H groups in total. The van der Waals surface area contributed by atoms with E-state index in [2.05, 4.69) is 181 Å². The van der Waals surface area contributed by atoms with E-state index < -0.39 is 0 Å². The molecule has 2 aliphatic carbocycles. The van der Waals surface area contributed by atoms with Crippen LogP contribution in [0, 0.1) is 27.7 Å². The third-order valence-electron chi connectivity index (χ3n) is 16.3. The Bertz CT molecular complexity index is 3280. The van der Waals surface area contributed by atoms with Gasteiger partial charge < -0.3 is 18.6 Å². The Morgan fingerprint density at radius 1 is 0.429 bits per heavy atom. The monoisotopic (exact) mass is 820 g/mol. The fourth-order valence-corrected chi connectivity index (χ4v) is 13.1. The first-order valence-corrected chi connectivity index (χ1v) is 23.2. The topological polar surface area (TPSA) is 28.3 Å². The van der Waals surface area contributed by atoms with Crippen LogP contribution in [-0.2, 0) is 16.2 Å². The fourth-order valence-electron chi connectivity index (χ4n) is 13.1. The van der Waals surface area contributed by atoms with Crippen LogP contribution >= 0.6 is 0 Å². The van der Waals surface area contributed by atoms with Crippen LogP contribution in [0.2, 0.25) is 0 Å². The van der Waals surface area contributed by atoms with Crippen molar-refractivity contribution in [3.05, 3.63) is 148 Å². The number of fused-ring (bicyclic) bond motifs is 14. The predicted octanol–water partition coefficient (Wildman–Crippen LogP) is 13.2. The van der Waals surface area contributed by atoms with Crippen molar-refractivity contribution < 1.29 is 9.47 Å². The van der Waals surface area contributed by atoms with Gasteiger partial charge in [-0.05, 0) is 133 Å². The van der Waals surface area contributed by atoms with Crippen molar-refractivity contribution in [3.63, 3.8) is 0 Å². The first-order chi connectivity index (χ1) is 30.3. The molecule has 0 amide bonds. The van der Waals surface area contributed by atoms with Gasteiger partial charge in [-0.2, -0.15) is 0 Å². The third-order valence-corrected chi connectivity index (χ3v) is 16.3. The van der Waals surface area contributed by atoms with Gasteiger partial charge in [0.1, 0.15) is 23.0 Å². The normalized spacial score (nSPS) is 17.3. The highest BCUT2D eigenvalue weighted by Gasteiger charge is 2.55. The zero-order valence-electron chi connectivity index (χ0n) is 38.0. The first kappa shape index (κ1) is 37.4. The van der Waals surface area contributed by atoms with E-state index in [9.17, 15) is 0 Å². The number of ether oxygens (including phenoxy) is 2. The Balaban J connectivity index is 1.21. The highest BCUT2D eigenvalue weighted by molar-refractivity contribution is 6.98. The van der Waals surface area contributed by atoms with E-state index in [0.29, 0.717) is 0 Å². The molecule has 5 heteroatoms. The van der Waals surface area contributed by atoms with Crippen molar-refractivity contribution in [3.8, 4) is 34.4 Å². The number of rotatable bonds is 2. The molecule has 7 aromatic carbocycles. The Hall–Kier alpha value is -6.20. The number of hydrogen-bond acceptors (Lipinski definition) is 2. The van der Waals surface area contributed by atoms with Crippen LogP contribution in [0.5, 0.6) is 23.0 Å². The second kappa shape index (κ2) is 12.3. The zero-order chi connectivity index (χ0) is 43.1. The van der Waals surface area contributed by atoms with Gasteiger partial charge in [0.2, 0.25) is 0 Å². The van der Waals surface area contributed by atoms with Crippen molar-refractivity contribution in [2.75, 3.05) is 0 Å². The number of aryl methyl sites for hydroxylation is 4. The summed E-state index contributed by atoms with van der Waals surface area (Å²) in [5, 5.41) is 4.79. The number of nitrogens with zero attached hydrogens (tertiary/aromatic N) is 2. The Morgan fingerprint density at radius 3 is 1.27 bits per heavy atom. The summed E-state index contributed by atoms with van der Waals surface area (Å²) in [6, 6.07) is 40.7. The second-order valence-electron chi connectivity index (χ2n) is 21.1. The molecule has 2 aliphatic heterocycles. The molecule has 9 aromatic rings. The van der Waals surface area contributed by atoms with Gasteiger partial charge in [-0.15, -0.1) is 0 Å². The number of aromatic nitrogens is 2. The smallest absolute Gasteiger partial charge is 0.260 e. The van der Waals surface area contributed by atoms with Gasteiger partial charge in [0, 0.05) is 27.4 Å². The van der Waals surface area contributed by atoms with Gasteiger partial charge >= 0.3 is 0 Å². The average molecular weight is 821 g/mol. The van der Waals surface area contributed by atoms with Crippen LogP contribution < -0.4 is 25.9 Å². The molecule has 0 saturated carbocycles. The molecule has 0 saturated heterocycles. The quantitative estimate of drug-likeness (QED) is 0.163. The van der Waals surface area contributed by atoms with Gasteiger partial charge in [0.15, 0.2) is 0 Å². The van der Waals surface area contributed by atoms with Gasteiger partial charge in [-0.1, -0.05) is 120 Å². The zero-order valence-corrected chi connectivity index (χ0v) is 38.0. The molecule has 4 nitrogen and oxygen atoms in total. The molecule has 0 fully saturated rings. The molecule has 4 heterocycles. The summed E-state index contributed by atoms with van der Waals surface area (Å²) in [5.74, 6) is 4.04. The minimum absolute atomic E-state index is 0.0266. The fraction of sp³-hybridized carbons (Fsp3) is 0.276. The molecule has 0 unspecified atom stereocenters. The molecule has 0 bridgehead atoms. The van der Waals surface area contributed by atoms with Crippen LogP contribution in [0.4, 0.5) is 0 Å². The highest BCUT2D eigenvalue weighted by Crippen LogP contribution is 2.62. The molecule has 0 radical (unpaired) electrons. The van der Waals surface area contributed by atoms with E-state index in [0.717, 1.165) is 48.7 Å². The van der Waals surface area contributed by atoms with E-state index in [1.807, 2.05) is 0 Å². The summed E-state index contributed by atoms with van der Waals surface area (Å²) in [6.07, 6.45) is 4.56. The van der Waals surface area contributed by atoms with Crippen molar-refractivity contribution in [2.45, 2.75) is 104 Å². The lowest BCUT2D eigenvalue weighted by molar-refractivity contribution is 0.234. The third kappa shape index (κ3) is 4.68. The van der Waals surface area contributed by atoms with E-state index >= 15 is 0 Å². The maximum absolute atomic E-state index is 7.84. The van der Waals surface area contributed by atoms with E-state index in [4.69, 9.17) is 9.47 Å². The largest absolute Gasteiger partial charge is 0.457 e. The van der Waals surface area contributed by atoms with Crippen LogP contribution in [0.3, 0.4) is 0 Å². The maximum atomic E-state index is 7.84. The lowest BCUT2D eigenvalue weighted by atomic mass is 9.33. The summed E-state index contributed by atoms with van der Waals surface area (Å²) in [4.78, 5) is 0. The highest BCUT2D eigenvalue weighted by atomic mass is 16.5. The lowest BCUT2D eigenvalue weighted by Gasteiger charge is -2.53. The van der Waals surface area contributed by atoms with Crippen LogP contribution in [-0.4, -0.2) is 15.8 Å². The Labute approximate surface area is 370 Å².